The van der Waals surface area contributed by atoms with Gasteiger partial charge in [-0.1, -0.05) is 24.3 Å². The van der Waals surface area contributed by atoms with Crippen molar-refractivity contribution in [1.82, 2.24) is 9.47 Å². The van der Waals surface area contributed by atoms with E-state index in [1.165, 1.54) is 5.56 Å². The van der Waals surface area contributed by atoms with Crippen LogP contribution in [0.4, 0.5) is 0 Å². The maximum absolute atomic E-state index is 9.18. The monoisotopic (exact) mass is 309 g/mol. The van der Waals surface area contributed by atoms with Crippen LogP contribution in [0.1, 0.15) is 31.1 Å². The van der Waals surface area contributed by atoms with Crippen LogP contribution in [0.3, 0.4) is 0 Å². The number of benzene rings is 1. The number of ether oxygens (including phenoxy) is 1. The Morgan fingerprint density at radius 2 is 1.87 bits per heavy atom. The first-order valence-corrected chi connectivity index (χ1v) is 8.25. The van der Waals surface area contributed by atoms with Crippen LogP contribution < -0.4 is 0 Å². The second-order valence-electron chi connectivity index (χ2n) is 5.96. The van der Waals surface area contributed by atoms with Gasteiger partial charge in [0.2, 0.25) is 0 Å². The Hall–Kier alpha value is -2.09. The molecule has 0 amide bonds. The summed E-state index contributed by atoms with van der Waals surface area (Å²) in [7, 11) is 0. The summed E-state index contributed by atoms with van der Waals surface area (Å²) in [5.74, 6) is 0. The summed E-state index contributed by atoms with van der Waals surface area (Å²) >= 11 is 0. The predicted octanol–water partition coefficient (Wildman–Crippen LogP) is 3.44. The Morgan fingerprint density at radius 3 is 2.43 bits per heavy atom. The van der Waals surface area contributed by atoms with Crippen LogP contribution >= 0.6 is 0 Å². The van der Waals surface area contributed by atoms with Gasteiger partial charge >= 0.3 is 0 Å². The molecule has 3 rings (SSSR count). The van der Waals surface area contributed by atoms with Crippen molar-refractivity contribution in [2.75, 3.05) is 26.3 Å². The average molecular weight is 309 g/mol. The second-order valence-corrected chi connectivity index (χ2v) is 5.96. The molecule has 120 valence electrons. The molecule has 1 fully saturated rings. The molecule has 2 heterocycles. The van der Waals surface area contributed by atoms with E-state index in [1.807, 2.05) is 10.6 Å². The van der Waals surface area contributed by atoms with E-state index in [0.29, 0.717) is 11.7 Å². The van der Waals surface area contributed by atoms with E-state index in [-0.39, 0.29) is 0 Å². The van der Waals surface area contributed by atoms with Gasteiger partial charge in [-0.2, -0.15) is 5.26 Å². The lowest BCUT2D eigenvalue weighted by Crippen LogP contribution is -2.37. The van der Waals surface area contributed by atoms with E-state index in [1.54, 1.807) is 0 Å². The third-order valence-electron chi connectivity index (χ3n) is 4.67. The minimum atomic E-state index is 0.405. The molecule has 1 aliphatic heterocycles. The molecule has 1 aromatic carbocycles. The number of aryl methyl sites for hydroxylation is 1. The van der Waals surface area contributed by atoms with Crippen LogP contribution in [-0.2, 0) is 11.3 Å². The zero-order valence-corrected chi connectivity index (χ0v) is 13.8. The molecule has 0 bridgehead atoms. The van der Waals surface area contributed by atoms with Crippen LogP contribution in [0, 0.1) is 11.3 Å². The molecule has 1 atom stereocenters. The van der Waals surface area contributed by atoms with Crippen molar-refractivity contribution in [2.45, 2.75) is 26.4 Å². The summed E-state index contributed by atoms with van der Waals surface area (Å²) in [5.41, 5.74) is 4.31. The average Bonchev–Trinajstić information content (AvgIpc) is 3.05. The highest BCUT2D eigenvalue weighted by atomic mass is 16.5. The third-order valence-corrected chi connectivity index (χ3v) is 4.67. The highest BCUT2D eigenvalue weighted by Gasteiger charge is 2.18. The summed E-state index contributed by atoms with van der Waals surface area (Å²) in [6.07, 6.45) is 2.05. The fraction of sp³-hybridized carbons (Fsp3) is 0.421. The van der Waals surface area contributed by atoms with E-state index >= 15 is 0 Å². The Morgan fingerprint density at radius 1 is 1.17 bits per heavy atom. The van der Waals surface area contributed by atoms with Gasteiger partial charge in [0.1, 0.15) is 11.8 Å². The fourth-order valence-corrected chi connectivity index (χ4v) is 3.15. The van der Waals surface area contributed by atoms with Crippen LogP contribution in [0.2, 0.25) is 0 Å². The van der Waals surface area contributed by atoms with E-state index in [2.05, 4.69) is 55.3 Å². The van der Waals surface area contributed by atoms with Crippen LogP contribution in [0.15, 0.2) is 36.5 Å². The molecule has 0 saturated carbocycles. The van der Waals surface area contributed by atoms with Gasteiger partial charge in [-0.25, -0.2) is 0 Å². The summed E-state index contributed by atoms with van der Waals surface area (Å²) in [6, 6.07) is 13.3. The number of hydrogen-bond acceptors (Lipinski definition) is 3. The first kappa shape index (κ1) is 15.8. The van der Waals surface area contributed by atoms with E-state index in [0.717, 1.165) is 44.0 Å². The van der Waals surface area contributed by atoms with Gasteiger partial charge < -0.3 is 9.30 Å². The molecule has 23 heavy (non-hydrogen) atoms. The van der Waals surface area contributed by atoms with Gasteiger partial charge in [0, 0.05) is 37.4 Å². The molecule has 1 aliphatic rings. The van der Waals surface area contributed by atoms with Crippen molar-refractivity contribution < 1.29 is 4.74 Å². The number of nitriles is 1. The summed E-state index contributed by atoms with van der Waals surface area (Å²) in [4.78, 5) is 2.46. The van der Waals surface area contributed by atoms with Crippen molar-refractivity contribution >= 4 is 0 Å². The van der Waals surface area contributed by atoms with Gasteiger partial charge in [-0.15, -0.1) is 0 Å². The molecule has 4 nitrogen and oxygen atoms in total. The SMILES string of the molecule is CCn1cc(-c2ccc([C@@H](C)N3CCOCC3)cc2)cc1C#N. The van der Waals surface area contributed by atoms with E-state index < -0.39 is 0 Å². The molecule has 0 unspecified atom stereocenters. The number of morpholine rings is 1. The van der Waals surface area contributed by atoms with Gasteiger partial charge in [0.25, 0.3) is 0 Å². The molecule has 0 spiro atoms. The maximum Gasteiger partial charge on any atom is 0.120 e. The molecule has 0 aliphatic carbocycles. The second kappa shape index (κ2) is 6.99. The zero-order chi connectivity index (χ0) is 16.2. The number of hydrogen-bond donors (Lipinski definition) is 0. The smallest absolute Gasteiger partial charge is 0.120 e. The van der Waals surface area contributed by atoms with E-state index in [4.69, 9.17) is 4.74 Å². The maximum atomic E-state index is 9.18. The Labute approximate surface area is 137 Å². The lowest BCUT2D eigenvalue weighted by molar-refractivity contribution is 0.0198. The normalized spacial score (nSPS) is 16.9. The van der Waals surface area contributed by atoms with Crippen LogP contribution in [0.25, 0.3) is 11.1 Å². The standard InChI is InChI=1S/C19H23N3O/c1-3-21-14-18(12-19(21)13-20)17-6-4-16(5-7-17)15(2)22-8-10-23-11-9-22/h4-7,12,14-15H,3,8-11H2,1-2H3/t15-/m1/s1. The van der Waals surface area contributed by atoms with Crippen molar-refractivity contribution in [2.24, 2.45) is 0 Å². The first-order valence-electron chi connectivity index (χ1n) is 8.25. The quantitative estimate of drug-likeness (QED) is 0.868. The van der Waals surface area contributed by atoms with Crippen LogP contribution in [0.5, 0.6) is 0 Å². The minimum absolute atomic E-state index is 0.405. The summed E-state index contributed by atoms with van der Waals surface area (Å²) in [6.45, 7) is 8.75. The highest BCUT2D eigenvalue weighted by Crippen LogP contribution is 2.26. The van der Waals surface area contributed by atoms with Gasteiger partial charge in [0.15, 0.2) is 0 Å². The zero-order valence-electron chi connectivity index (χ0n) is 13.8. The van der Waals surface area contributed by atoms with Gasteiger partial charge in [0.05, 0.1) is 13.2 Å². The number of aromatic nitrogens is 1. The topological polar surface area (TPSA) is 41.2 Å². The lowest BCUT2D eigenvalue weighted by atomic mass is 10.0. The molecular formula is C19H23N3O. The van der Waals surface area contributed by atoms with Crippen molar-refractivity contribution in [3.63, 3.8) is 0 Å². The number of nitrogens with zero attached hydrogens (tertiary/aromatic N) is 3. The molecule has 0 N–H and O–H groups in total. The van der Waals surface area contributed by atoms with Crippen molar-refractivity contribution in [3.05, 3.63) is 47.8 Å². The summed E-state index contributed by atoms with van der Waals surface area (Å²) in [5, 5.41) is 9.18. The van der Waals surface area contributed by atoms with Crippen molar-refractivity contribution in [1.29, 1.82) is 5.26 Å². The minimum Gasteiger partial charge on any atom is -0.379 e. The predicted molar refractivity (Wildman–Crippen MR) is 91.1 cm³/mol. The molecule has 1 saturated heterocycles. The Kier molecular flexibility index (Phi) is 4.80. The Balaban J connectivity index is 1.79. The van der Waals surface area contributed by atoms with Crippen molar-refractivity contribution in [3.8, 4) is 17.2 Å². The molecule has 1 aromatic heterocycles. The molecule has 4 heteroatoms. The van der Waals surface area contributed by atoms with E-state index in [9.17, 15) is 5.26 Å². The lowest BCUT2D eigenvalue weighted by Gasteiger charge is -2.32. The largest absolute Gasteiger partial charge is 0.379 e. The Bertz CT molecular complexity index is 690. The molecule has 2 aromatic rings. The molecular weight excluding hydrogens is 286 g/mol. The van der Waals surface area contributed by atoms with Crippen LogP contribution in [-0.4, -0.2) is 35.8 Å². The molecule has 0 radical (unpaired) electrons. The fourth-order valence-electron chi connectivity index (χ4n) is 3.15. The number of rotatable bonds is 4. The first-order chi connectivity index (χ1) is 11.2. The van der Waals surface area contributed by atoms with Gasteiger partial charge in [-0.05, 0) is 31.0 Å². The highest BCUT2D eigenvalue weighted by molar-refractivity contribution is 5.65. The summed E-state index contributed by atoms with van der Waals surface area (Å²) < 4.78 is 7.41. The third kappa shape index (κ3) is 3.31. The van der Waals surface area contributed by atoms with Gasteiger partial charge in [-0.3, -0.25) is 4.90 Å².